The van der Waals surface area contributed by atoms with E-state index in [-0.39, 0.29) is 17.9 Å². The normalized spacial score (nSPS) is 25.1. The monoisotopic (exact) mass is 338 g/mol. The first-order valence-electron chi connectivity index (χ1n) is 8.60. The van der Waals surface area contributed by atoms with Crippen molar-refractivity contribution in [2.24, 2.45) is 5.41 Å². The SMILES string of the molecule is COCCc1noc(CN2CC[C@]3(CCCN(CCO)C3=O)C2)n1. The minimum Gasteiger partial charge on any atom is -0.395 e. The number of hydrogen-bond donors (Lipinski definition) is 1. The Labute approximate surface area is 141 Å². The van der Waals surface area contributed by atoms with E-state index in [2.05, 4.69) is 15.0 Å². The predicted octanol–water partition coefficient (Wildman–Crippen LogP) is 0.0653. The first-order valence-corrected chi connectivity index (χ1v) is 8.60. The molecule has 0 aliphatic carbocycles. The molecule has 0 unspecified atom stereocenters. The molecule has 3 heterocycles. The van der Waals surface area contributed by atoms with E-state index in [0.29, 0.717) is 37.8 Å². The second kappa shape index (κ2) is 7.58. The number of hydrogen-bond acceptors (Lipinski definition) is 7. The molecule has 2 aliphatic heterocycles. The Morgan fingerprint density at radius 1 is 1.38 bits per heavy atom. The third-order valence-corrected chi connectivity index (χ3v) is 5.03. The smallest absolute Gasteiger partial charge is 0.240 e. The highest BCUT2D eigenvalue weighted by atomic mass is 16.5. The van der Waals surface area contributed by atoms with Gasteiger partial charge in [0, 0.05) is 33.2 Å². The van der Waals surface area contributed by atoms with E-state index in [9.17, 15) is 4.79 Å². The lowest BCUT2D eigenvalue weighted by atomic mass is 9.78. The zero-order chi connectivity index (χ0) is 17.0. The van der Waals surface area contributed by atoms with Gasteiger partial charge in [-0.25, -0.2) is 0 Å². The van der Waals surface area contributed by atoms with Crippen molar-refractivity contribution >= 4 is 5.91 Å². The van der Waals surface area contributed by atoms with E-state index in [0.717, 1.165) is 38.9 Å². The fourth-order valence-electron chi connectivity index (χ4n) is 3.80. The molecule has 3 rings (SSSR count). The minimum absolute atomic E-state index is 0.0256. The number of β-amino-alcohol motifs (C(OH)–C–C–N with tert-alkyl or cyclic N) is 1. The Morgan fingerprint density at radius 3 is 3.04 bits per heavy atom. The second-order valence-corrected chi connectivity index (χ2v) is 6.71. The quantitative estimate of drug-likeness (QED) is 0.752. The molecule has 1 amide bonds. The van der Waals surface area contributed by atoms with E-state index in [1.807, 2.05) is 4.90 Å². The number of aliphatic hydroxyl groups excluding tert-OH is 1. The molecule has 2 aliphatic rings. The van der Waals surface area contributed by atoms with Crippen molar-refractivity contribution in [2.75, 3.05) is 46.5 Å². The summed E-state index contributed by atoms with van der Waals surface area (Å²) in [6.07, 6.45) is 3.42. The van der Waals surface area contributed by atoms with Crippen molar-refractivity contribution in [3.05, 3.63) is 11.7 Å². The maximum Gasteiger partial charge on any atom is 0.240 e. The van der Waals surface area contributed by atoms with Crippen LogP contribution in [0.5, 0.6) is 0 Å². The van der Waals surface area contributed by atoms with Crippen LogP contribution in [0, 0.1) is 5.41 Å². The average molecular weight is 338 g/mol. The fourth-order valence-corrected chi connectivity index (χ4v) is 3.80. The summed E-state index contributed by atoms with van der Waals surface area (Å²) in [7, 11) is 1.64. The molecule has 0 radical (unpaired) electrons. The number of amides is 1. The Bertz CT molecular complexity index is 562. The van der Waals surface area contributed by atoms with Crippen molar-refractivity contribution in [3.8, 4) is 0 Å². The highest BCUT2D eigenvalue weighted by Crippen LogP contribution is 2.40. The molecule has 0 bridgehead atoms. The standard InChI is InChI=1S/C16H26N4O4/c1-23-10-3-13-17-14(24-18-13)11-19-7-5-16(12-19)4-2-6-20(8-9-21)15(16)22/h21H,2-12H2,1H3/t16-/m1/s1. The molecule has 1 aromatic rings. The van der Waals surface area contributed by atoms with Crippen LogP contribution in [0.25, 0.3) is 0 Å². The zero-order valence-corrected chi connectivity index (χ0v) is 14.2. The topological polar surface area (TPSA) is 91.9 Å². The van der Waals surface area contributed by atoms with Gasteiger partial charge in [-0.3, -0.25) is 9.69 Å². The lowest BCUT2D eigenvalue weighted by Gasteiger charge is -2.39. The van der Waals surface area contributed by atoms with Crippen molar-refractivity contribution in [1.29, 1.82) is 0 Å². The molecule has 1 atom stereocenters. The van der Waals surface area contributed by atoms with Gasteiger partial charge in [0.1, 0.15) is 0 Å². The highest BCUT2D eigenvalue weighted by Gasteiger charge is 2.48. The van der Waals surface area contributed by atoms with Crippen LogP contribution in [0.15, 0.2) is 4.52 Å². The van der Waals surface area contributed by atoms with Crippen LogP contribution in [-0.2, 0) is 22.5 Å². The number of nitrogens with zero attached hydrogens (tertiary/aromatic N) is 4. The van der Waals surface area contributed by atoms with E-state index in [1.54, 1.807) is 7.11 Å². The average Bonchev–Trinajstić information content (AvgIpc) is 3.19. The van der Waals surface area contributed by atoms with Crippen LogP contribution in [0.2, 0.25) is 0 Å². The molecular formula is C16H26N4O4. The van der Waals surface area contributed by atoms with E-state index in [4.69, 9.17) is 14.4 Å². The van der Waals surface area contributed by atoms with Gasteiger partial charge in [-0.05, 0) is 25.8 Å². The molecule has 1 spiro atoms. The third kappa shape index (κ3) is 3.60. The number of aromatic nitrogens is 2. The van der Waals surface area contributed by atoms with Gasteiger partial charge in [-0.2, -0.15) is 4.98 Å². The first-order chi connectivity index (χ1) is 11.7. The summed E-state index contributed by atoms with van der Waals surface area (Å²) in [5.74, 6) is 1.44. The maximum atomic E-state index is 12.8. The predicted molar refractivity (Wildman–Crippen MR) is 85.1 cm³/mol. The van der Waals surface area contributed by atoms with Gasteiger partial charge in [-0.1, -0.05) is 5.16 Å². The molecule has 8 nitrogen and oxygen atoms in total. The minimum atomic E-state index is -0.299. The number of likely N-dealkylation sites (tertiary alicyclic amines) is 2. The van der Waals surface area contributed by atoms with Crippen LogP contribution in [0.1, 0.15) is 31.0 Å². The van der Waals surface area contributed by atoms with Gasteiger partial charge < -0.3 is 19.3 Å². The fraction of sp³-hybridized carbons (Fsp3) is 0.812. The van der Waals surface area contributed by atoms with Gasteiger partial charge in [0.2, 0.25) is 11.8 Å². The van der Waals surface area contributed by atoms with Crippen LogP contribution in [-0.4, -0.2) is 77.5 Å². The molecule has 134 valence electrons. The number of carbonyl (C=O) groups is 1. The van der Waals surface area contributed by atoms with Crippen LogP contribution >= 0.6 is 0 Å². The van der Waals surface area contributed by atoms with Gasteiger partial charge in [0.25, 0.3) is 0 Å². The van der Waals surface area contributed by atoms with Crippen LogP contribution in [0.4, 0.5) is 0 Å². The Kier molecular flexibility index (Phi) is 5.47. The molecular weight excluding hydrogens is 312 g/mol. The Hall–Kier alpha value is -1.51. The Morgan fingerprint density at radius 2 is 2.25 bits per heavy atom. The second-order valence-electron chi connectivity index (χ2n) is 6.71. The molecule has 24 heavy (non-hydrogen) atoms. The van der Waals surface area contributed by atoms with Crippen molar-refractivity contribution in [1.82, 2.24) is 19.9 Å². The number of rotatable bonds is 7. The number of aliphatic hydroxyl groups is 1. The van der Waals surface area contributed by atoms with Crippen molar-refractivity contribution < 1.29 is 19.2 Å². The maximum absolute atomic E-state index is 12.8. The number of piperidine rings is 1. The molecule has 0 saturated carbocycles. The summed E-state index contributed by atoms with van der Waals surface area (Å²) in [6, 6.07) is 0. The van der Waals surface area contributed by atoms with Gasteiger partial charge in [0.05, 0.1) is 25.2 Å². The lowest BCUT2D eigenvalue weighted by Crippen LogP contribution is -2.50. The van der Waals surface area contributed by atoms with Crippen LogP contribution < -0.4 is 0 Å². The van der Waals surface area contributed by atoms with Crippen LogP contribution in [0.3, 0.4) is 0 Å². The molecule has 8 heteroatoms. The third-order valence-electron chi connectivity index (χ3n) is 5.03. The molecule has 1 N–H and O–H groups in total. The lowest BCUT2D eigenvalue weighted by molar-refractivity contribution is -0.146. The van der Waals surface area contributed by atoms with Gasteiger partial charge in [0.15, 0.2) is 5.82 Å². The van der Waals surface area contributed by atoms with E-state index < -0.39 is 0 Å². The summed E-state index contributed by atoms with van der Waals surface area (Å²) in [6.45, 7) is 3.95. The summed E-state index contributed by atoms with van der Waals surface area (Å²) in [4.78, 5) is 21.2. The molecule has 0 aromatic carbocycles. The van der Waals surface area contributed by atoms with Crippen molar-refractivity contribution in [2.45, 2.75) is 32.2 Å². The largest absolute Gasteiger partial charge is 0.395 e. The van der Waals surface area contributed by atoms with Crippen molar-refractivity contribution in [3.63, 3.8) is 0 Å². The highest BCUT2D eigenvalue weighted by molar-refractivity contribution is 5.84. The van der Waals surface area contributed by atoms with E-state index in [1.165, 1.54) is 0 Å². The van der Waals surface area contributed by atoms with Gasteiger partial charge >= 0.3 is 0 Å². The molecule has 2 saturated heterocycles. The zero-order valence-electron chi connectivity index (χ0n) is 14.2. The molecule has 1 aromatic heterocycles. The van der Waals surface area contributed by atoms with Gasteiger partial charge in [-0.15, -0.1) is 0 Å². The summed E-state index contributed by atoms with van der Waals surface area (Å²) in [5.41, 5.74) is -0.299. The number of carbonyl (C=O) groups excluding carboxylic acids is 1. The Balaban J connectivity index is 1.58. The number of methoxy groups -OCH3 is 1. The number of ether oxygens (including phenoxy) is 1. The molecule has 2 fully saturated rings. The summed E-state index contributed by atoms with van der Waals surface area (Å²) in [5, 5.41) is 13.1. The summed E-state index contributed by atoms with van der Waals surface area (Å²) >= 11 is 0. The van der Waals surface area contributed by atoms with E-state index >= 15 is 0 Å². The first kappa shape index (κ1) is 17.3. The summed E-state index contributed by atoms with van der Waals surface area (Å²) < 4.78 is 10.3.